The van der Waals surface area contributed by atoms with Gasteiger partial charge in [0.15, 0.2) is 11.5 Å². The van der Waals surface area contributed by atoms with Crippen molar-refractivity contribution in [3.8, 4) is 17.2 Å². The number of methoxy groups -OCH3 is 2. The van der Waals surface area contributed by atoms with Crippen molar-refractivity contribution in [3.05, 3.63) is 17.7 Å². The number of hydrogen-bond donors (Lipinski definition) is 1. The highest BCUT2D eigenvalue weighted by atomic mass is 32.2. The molecule has 5 heteroatoms. The van der Waals surface area contributed by atoms with Gasteiger partial charge in [-0.15, -0.1) is 0 Å². The fourth-order valence-electron chi connectivity index (χ4n) is 1.39. The van der Waals surface area contributed by atoms with Gasteiger partial charge in [-0.05, 0) is 24.0 Å². The Hall–Kier alpha value is -1.07. The van der Waals surface area contributed by atoms with Crippen LogP contribution in [-0.2, 0) is 6.61 Å². The van der Waals surface area contributed by atoms with Gasteiger partial charge in [0.2, 0.25) is 5.75 Å². The minimum Gasteiger partial charge on any atom is -0.493 e. The molecule has 0 fully saturated rings. The number of aliphatic hydroxyl groups excluding tert-OH is 1. The highest BCUT2D eigenvalue weighted by Crippen LogP contribution is 2.38. The van der Waals surface area contributed by atoms with Gasteiger partial charge in [-0.1, -0.05) is 0 Å². The second-order valence-corrected chi connectivity index (χ2v) is 4.31. The summed E-state index contributed by atoms with van der Waals surface area (Å²) in [6, 6.07) is 3.49. The van der Waals surface area contributed by atoms with Crippen molar-refractivity contribution in [2.24, 2.45) is 0 Å². The maximum atomic E-state index is 9.13. The predicted octanol–water partition coefficient (Wildman–Crippen LogP) is 1.94. The molecule has 0 amide bonds. The van der Waals surface area contributed by atoms with E-state index < -0.39 is 0 Å². The summed E-state index contributed by atoms with van der Waals surface area (Å²) < 4.78 is 16.1. The SMILES string of the molecule is COc1cc(CO)cc(OC)c1OCCSC. The molecular formula is C12H18O4S. The Balaban J connectivity index is 2.98. The zero-order valence-electron chi connectivity index (χ0n) is 10.4. The second-order valence-electron chi connectivity index (χ2n) is 3.33. The molecular weight excluding hydrogens is 240 g/mol. The van der Waals surface area contributed by atoms with E-state index in [0.717, 1.165) is 11.3 Å². The summed E-state index contributed by atoms with van der Waals surface area (Å²) in [5, 5.41) is 9.13. The largest absolute Gasteiger partial charge is 0.493 e. The lowest BCUT2D eigenvalue weighted by atomic mass is 10.2. The molecule has 1 rings (SSSR count). The van der Waals surface area contributed by atoms with Crippen molar-refractivity contribution < 1.29 is 19.3 Å². The first-order valence-corrected chi connectivity index (χ1v) is 6.63. The van der Waals surface area contributed by atoms with Crippen LogP contribution in [0.3, 0.4) is 0 Å². The third kappa shape index (κ3) is 3.71. The van der Waals surface area contributed by atoms with Crippen LogP contribution in [0.1, 0.15) is 5.56 Å². The molecule has 0 atom stereocenters. The average molecular weight is 258 g/mol. The molecule has 96 valence electrons. The first-order chi connectivity index (χ1) is 8.26. The first-order valence-electron chi connectivity index (χ1n) is 5.24. The van der Waals surface area contributed by atoms with Gasteiger partial charge >= 0.3 is 0 Å². The Morgan fingerprint density at radius 3 is 2.18 bits per heavy atom. The lowest BCUT2D eigenvalue weighted by Gasteiger charge is -2.15. The van der Waals surface area contributed by atoms with Crippen LogP contribution in [0.15, 0.2) is 12.1 Å². The molecule has 0 saturated carbocycles. The molecule has 4 nitrogen and oxygen atoms in total. The first kappa shape index (κ1) is 14.0. The maximum absolute atomic E-state index is 9.13. The van der Waals surface area contributed by atoms with E-state index in [0.29, 0.717) is 23.9 Å². The van der Waals surface area contributed by atoms with Crippen molar-refractivity contribution in [3.63, 3.8) is 0 Å². The molecule has 0 aliphatic heterocycles. The standard InChI is InChI=1S/C12H18O4S/c1-14-10-6-9(8-13)7-11(15-2)12(10)16-4-5-17-3/h6-7,13H,4-5,8H2,1-3H3. The fourth-order valence-corrected chi connectivity index (χ4v) is 1.64. The van der Waals surface area contributed by atoms with Gasteiger partial charge in [0.1, 0.15) is 0 Å². The summed E-state index contributed by atoms with van der Waals surface area (Å²) in [4.78, 5) is 0. The third-order valence-electron chi connectivity index (χ3n) is 2.24. The molecule has 1 aromatic rings. The normalized spacial score (nSPS) is 10.1. The number of benzene rings is 1. The molecule has 0 unspecified atom stereocenters. The quantitative estimate of drug-likeness (QED) is 0.757. The summed E-state index contributed by atoms with van der Waals surface area (Å²) in [6.45, 7) is 0.532. The molecule has 0 radical (unpaired) electrons. The van der Waals surface area contributed by atoms with Crippen molar-refractivity contribution in [1.29, 1.82) is 0 Å². The lowest BCUT2D eigenvalue weighted by Crippen LogP contribution is -2.04. The summed E-state index contributed by atoms with van der Waals surface area (Å²) in [7, 11) is 3.13. The van der Waals surface area contributed by atoms with Crippen molar-refractivity contribution >= 4 is 11.8 Å². The molecule has 0 aliphatic carbocycles. The Kier molecular flexibility index (Phi) is 6.00. The maximum Gasteiger partial charge on any atom is 0.203 e. The van der Waals surface area contributed by atoms with Crippen LogP contribution in [0, 0.1) is 0 Å². The van der Waals surface area contributed by atoms with E-state index in [1.165, 1.54) is 0 Å². The fraction of sp³-hybridized carbons (Fsp3) is 0.500. The zero-order chi connectivity index (χ0) is 12.7. The van der Waals surface area contributed by atoms with Crippen molar-refractivity contribution in [1.82, 2.24) is 0 Å². The topological polar surface area (TPSA) is 47.9 Å². The minimum atomic E-state index is -0.0577. The molecule has 1 N–H and O–H groups in total. The van der Waals surface area contributed by atoms with Gasteiger partial charge in [-0.3, -0.25) is 0 Å². The van der Waals surface area contributed by atoms with Crippen molar-refractivity contribution in [2.45, 2.75) is 6.61 Å². The summed E-state index contributed by atoms with van der Waals surface area (Å²) >= 11 is 1.71. The predicted molar refractivity (Wildman–Crippen MR) is 69.3 cm³/mol. The number of rotatable bonds is 7. The van der Waals surface area contributed by atoms with Gasteiger partial charge in [-0.2, -0.15) is 11.8 Å². The summed E-state index contributed by atoms with van der Waals surface area (Å²) in [6.07, 6.45) is 2.02. The highest BCUT2D eigenvalue weighted by Gasteiger charge is 2.13. The van der Waals surface area contributed by atoms with Gasteiger partial charge in [0.05, 0.1) is 27.4 Å². The molecule has 0 heterocycles. The third-order valence-corrected chi connectivity index (χ3v) is 2.81. The minimum absolute atomic E-state index is 0.0577. The lowest BCUT2D eigenvalue weighted by molar-refractivity contribution is 0.273. The van der Waals surface area contributed by atoms with E-state index in [4.69, 9.17) is 19.3 Å². The monoisotopic (exact) mass is 258 g/mol. The number of hydrogen-bond acceptors (Lipinski definition) is 5. The van der Waals surface area contributed by atoms with E-state index in [2.05, 4.69) is 0 Å². The van der Waals surface area contributed by atoms with Gasteiger partial charge < -0.3 is 19.3 Å². The Labute approximate surface area is 106 Å². The molecule has 0 saturated heterocycles. The van der Waals surface area contributed by atoms with Gasteiger partial charge in [0, 0.05) is 5.75 Å². The molecule has 17 heavy (non-hydrogen) atoms. The van der Waals surface area contributed by atoms with E-state index >= 15 is 0 Å². The van der Waals surface area contributed by atoms with E-state index in [1.807, 2.05) is 6.26 Å². The van der Waals surface area contributed by atoms with E-state index in [1.54, 1.807) is 38.1 Å². The van der Waals surface area contributed by atoms with E-state index in [-0.39, 0.29) is 6.61 Å². The second kappa shape index (κ2) is 7.29. The van der Waals surface area contributed by atoms with Crippen molar-refractivity contribution in [2.75, 3.05) is 32.8 Å². The molecule has 0 aliphatic rings. The highest BCUT2D eigenvalue weighted by molar-refractivity contribution is 7.98. The molecule has 0 aromatic heterocycles. The van der Waals surface area contributed by atoms with Crippen LogP contribution in [-0.4, -0.2) is 37.9 Å². The van der Waals surface area contributed by atoms with Crippen LogP contribution in [0.4, 0.5) is 0 Å². The summed E-state index contributed by atoms with van der Waals surface area (Å²) in [5.74, 6) is 2.64. The van der Waals surface area contributed by atoms with Gasteiger partial charge in [0.25, 0.3) is 0 Å². The van der Waals surface area contributed by atoms with Crippen LogP contribution in [0.25, 0.3) is 0 Å². The molecule has 0 bridgehead atoms. The zero-order valence-corrected chi connectivity index (χ0v) is 11.2. The number of ether oxygens (including phenoxy) is 3. The van der Waals surface area contributed by atoms with Crippen LogP contribution < -0.4 is 14.2 Å². The number of aliphatic hydroxyl groups is 1. The van der Waals surface area contributed by atoms with Crippen LogP contribution >= 0.6 is 11.8 Å². The van der Waals surface area contributed by atoms with Crippen LogP contribution in [0.5, 0.6) is 17.2 Å². The Morgan fingerprint density at radius 2 is 1.76 bits per heavy atom. The van der Waals surface area contributed by atoms with Crippen LogP contribution in [0.2, 0.25) is 0 Å². The molecule has 1 aromatic carbocycles. The number of thioether (sulfide) groups is 1. The molecule has 0 spiro atoms. The Morgan fingerprint density at radius 1 is 1.18 bits per heavy atom. The Bertz CT molecular complexity index is 329. The summed E-state index contributed by atoms with van der Waals surface area (Å²) in [5.41, 5.74) is 0.732. The van der Waals surface area contributed by atoms with Gasteiger partial charge in [-0.25, -0.2) is 0 Å². The smallest absolute Gasteiger partial charge is 0.203 e. The van der Waals surface area contributed by atoms with E-state index in [9.17, 15) is 0 Å². The average Bonchev–Trinajstić information content (AvgIpc) is 2.38.